The highest BCUT2D eigenvalue weighted by atomic mass is 16.4. The van der Waals surface area contributed by atoms with Gasteiger partial charge in [0.1, 0.15) is 11.9 Å². The first-order valence-corrected chi connectivity index (χ1v) is 3.96. The van der Waals surface area contributed by atoms with Gasteiger partial charge in [0.2, 0.25) is 11.2 Å². The van der Waals surface area contributed by atoms with Crippen LogP contribution in [0.5, 0.6) is 5.75 Å². The van der Waals surface area contributed by atoms with Crippen LogP contribution in [0, 0.1) is 13.8 Å². The Bertz CT molecular complexity index is 376. The molecule has 0 bridgehead atoms. The fourth-order valence-electron chi connectivity index (χ4n) is 1.02. The second-order valence-corrected chi connectivity index (χ2v) is 3.00. The number of aromatic hydroxyl groups is 1. The van der Waals surface area contributed by atoms with Crippen LogP contribution >= 0.6 is 0 Å². The van der Waals surface area contributed by atoms with E-state index in [-0.39, 0.29) is 5.76 Å². The quantitative estimate of drug-likeness (QED) is 0.683. The predicted octanol–water partition coefficient (Wildman–Crippen LogP) is 1.02. The van der Waals surface area contributed by atoms with Gasteiger partial charge in [-0.15, -0.1) is 0 Å². The number of aliphatic hydroxyl groups is 1. The largest absolute Gasteiger partial charge is 0.502 e. The molecule has 0 spiro atoms. The molecule has 1 aromatic rings. The first-order valence-electron chi connectivity index (χ1n) is 3.96. The van der Waals surface area contributed by atoms with E-state index < -0.39 is 17.3 Å². The van der Waals surface area contributed by atoms with Crippen LogP contribution in [-0.4, -0.2) is 10.2 Å². The molecule has 0 saturated carbocycles. The Morgan fingerprint density at radius 1 is 1.38 bits per heavy atom. The van der Waals surface area contributed by atoms with E-state index in [0.29, 0.717) is 11.3 Å². The van der Waals surface area contributed by atoms with Gasteiger partial charge in [0.25, 0.3) is 0 Å². The second kappa shape index (κ2) is 3.22. The van der Waals surface area contributed by atoms with E-state index in [9.17, 15) is 9.90 Å². The summed E-state index contributed by atoms with van der Waals surface area (Å²) in [4.78, 5) is 11.3. The average molecular weight is 184 g/mol. The van der Waals surface area contributed by atoms with Gasteiger partial charge < -0.3 is 14.6 Å². The van der Waals surface area contributed by atoms with E-state index in [1.54, 1.807) is 13.8 Å². The molecule has 0 radical (unpaired) electrons. The van der Waals surface area contributed by atoms with E-state index in [2.05, 4.69) is 0 Å². The van der Waals surface area contributed by atoms with Crippen molar-refractivity contribution in [1.82, 2.24) is 0 Å². The van der Waals surface area contributed by atoms with E-state index >= 15 is 0 Å². The number of rotatable bonds is 1. The monoisotopic (exact) mass is 184 g/mol. The smallest absolute Gasteiger partial charge is 0.230 e. The molecule has 1 unspecified atom stereocenters. The standard InChI is InChI=1S/C9H12O4/c1-4-6(3)13-9(5(2)10)8(12)7(4)11/h5,10,12H,1-3H3. The van der Waals surface area contributed by atoms with Gasteiger partial charge in [0.05, 0.1) is 0 Å². The SMILES string of the molecule is Cc1oc(C(C)O)c(O)c(=O)c1C. The summed E-state index contributed by atoms with van der Waals surface area (Å²) in [5.74, 6) is -0.162. The summed E-state index contributed by atoms with van der Waals surface area (Å²) >= 11 is 0. The van der Waals surface area contributed by atoms with Crippen molar-refractivity contribution in [3.8, 4) is 5.75 Å². The van der Waals surface area contributed by atoms with Crippen LogP contribution in [0.4, 0.5) is 0 Å². The minimum absolute atomic E-state index is 0.0758. The van der Waals surface area contributed by atoms with Crippen LogP contribution in [0.1, 0.15) is 30.1 Å². The highest BCUT2D eigenvalue weighted by Gasteiger charge is 2.16. The lowest BCUT2D eigenvalue weighted by Crippen LogP contribution is -2.10. The summed E-state index contributed by atoms with van der Waals surface area (Å²) in [7, 11) is 0. The first-order chi connectivity index (χ1) is 5.95. The minimum atomic E-state index is -0.980. The fourth-order valence-corrected chi connectivity index (χ4v) is 1.02. The maximum Gasteiger partial charge on any atom is 0.230 e. The van der Waals surface area contributed by atoms with Crippen molar-refractivity contribution < 1.29 is 14.6 Å². The molecule has 72 valence electrons. The highest BCUT2D eigenvalue weighted by molar-refractivity contribution is 5.31. The molecule has 1 aromatic heterocycles. The number of aliphatic hydroxyl groups excluding tert-OH is 1. The minimum Gasteiger partial charge on any atom is -0.502 e. The van der Waals surface area contributed by atoms with E-state index in [0.717, 1.165) is 0 Å². The third-order valence-corrected chi connectivity index (χ3v) is 1.96. The molecule has 1 heterocycles. The van der Waals surface area contributed by atoms with Crippen molar-refractivity contribution in [3.63, 3.8) is 0 Å². The molecule has 1 rings (SSSR count). The number of hydrogen-bond acceptors (Lipinski definition) is 4. The Kier molecular flexibility index (Phi) is 2.43. The van der Waals surface area contributed by atoms with Crippen molar-refractivity contribution in [2.45, 2.75) is 26.9 Å². The van der Waals surface area contributed by atoms with Gasteiger partial charge in [0, 0.05) is 5.56 Å². The highest BCUT2D eigenvalue weighted by Crippen LogP contribution is 2.22. The molecule has 0 fully saturated rings. The van der Waals surface area contributed by atoms with Gasteiger partial charge in [-0.2, -0.15) is 0 Å². The second-order valence-electron chi connectivity index (χ2n) is 3.00. The van der Waals surface area contributed by atoms with Gasteiger partial charge in [-0.25, -0.2) is 0 Å². The average Bonchev–Trinajstić information content (AvgIpc) is 2.07. The Morgan fingerprint density at radius 2 is 1.92 bits per heavy atom. The zero-order chi connectivity index (χ0) is 10.2. The van der Waals surface area contributed by atoms with Crippen molar-refractivity contribution in [2.75, 3.05) is 0 Å². The van der Waals surface area contributed by atoms with E-state index in [4.69, 9.17) is 9.52 Å². The van der Waals surface area contributed by atoms with Gasteiger partial charge in [-0.05, 0) is 20.8 Å². The molecule has 2 N–H and O–H groups in total. The number of hydrogen-bond donors (Lipinski definition) is 2. The van der Waals surface area contributed by atoms with Crippen LogP contribution in [-0.2, 0) is 0 Å². The molecular weight excluding hydrogens is 172 g/mol. The normalized spacial score (nSPS) is 12.9. The number of aryl methyl sites for hydroxylation is 1. The summed E-state index contributed by atoms with van der Waals surface area (Å²) < 4.78 is 5.08. The zero-order valence-corrected chi connectivity index (χ0v) is 7.79. The summed E-state index contributed by atoms with van der Waals surface area (Å²) in [5, 5.41) is 18.5. The maximum atomic E-state index is 11.3. The molecular formula is C9H12O4. The summed E-state index contributed by atoms with van der Waals surface area (Å²) in [6, 6.07) is 0. The summed E-state index contributed by atoms with van der Waals surface area (Å²) in [6.07, 6.45) is -0.980. The van der Waals surface area contributed by atoms with Gasteiger partial charge in [-0.1, -0.05) is 0 Å². The van der Waals surface area contributed by atoms with Crippen LogP contribution in [0.15, 0.2) is 9.21 Å². The summed E-state index contributed by atoms with van der Waals surface area (Å²) in [6.45, 7) is 4.60. The first kappa shape index (κ1) is 9.80. The molecule has 4 heteroatoms. The lowest BCUT2D eigenvalue weighted by atomic mass is 10.2. The van der Waals surface area contributed by atoms with E-state index in [1.165, 1.54) is 6.92 Å². The lowest BCUT2D eigenvalue weighted by Gasteiger charge is -2.08. The Labute approximate surface area is 75.4 Å². The Morgan fingerprint density at radius 3 is 2.38 bits per heavy atom. The van der Waals surface area contributed by atoms with Crippen molar-refractivity contribution in [3.05, 3.63) is 27.3 Å². The third kappa shape index (κ3) is 1.58. The van der Waals surface area contributed by atoms with Gasteiger partial charge in [-0.3, -0.25) is 4.79 Å². The maximum absolute atomic E-state index is 11.3. The molecule has 0 aromatic carbocycles. The molecule has 0 aliphatic heterocycles. The molecule has 0 aliphatic rings. The van der Waals surface area contributed by atoms with Gasteiger partial charge in [0.15, 0.2) is 5.76 Å². The van der Waals surface area contributed by atoms with Crippen LogP contribution < -0.4 is 5.43 Å². The molecule has 1 atom stereocenters. The molecule has 0 saturated heterocycles. The molecule has 0 aliphatic carbocycles. The van der Waals surface area contributed by atoms with Gasteiger partial charge >= 0.3 is 0 Å². The van der Waals surface area contributed by atoms with Crippen molar-refractivity contribution in [2.24, 2.45) is 0 Å². The van der Waals surface area contributed by atoms with Crippen LogP contribution in [0.3, 0.4) is 0 Å². The summed E-state index contributed by atoms with van der Waals surface area (Å²) in [5.41, 5.74) is -0.124. The molecule has 0 amide bonds. The molecule has 4 nitrogen and oxygen atoms in total. The predicted molar refractivity (Wildman–Crippen MR) is 46.8 cm³/mol. The fraction of sp³-hybridized carbons (Fsp3) is 0.444. The zero-order valence-electron chi connectivity index (χ0n) is 7.79. The Hall–Kier alpha value is -1.29. The van der Waals surface area contributed by atoms with Crippen molar-refractivity contribution >= 4 is 0 Å². The van der Waals surface area contributed by atoms with Crippen molar-refractivity contribution in [1.29, 1.82) is 0 Å². The molecule has 13 heavy (non-hydrogen) atoms. The van der Waals surface area contributed by atoms with Crippen LogP contribution in [0.25, 0.3) is 0 Å². The van der Waals surface area contributed by atoms with E-state index in [1.807, 2.05) is 0 Å². The van der Waals surface area contributed by atoms with Crippen LogP contribution in [0.2, 0.25) is 0 Å². The lowest BCUT2D eigenvalue weighted by molar-refractivity contribution is 0.157. The third-order valence-electron chi connectivity index (χ3n) is 1.96. The Balaban J connectivity index is 3.51. The topological polar surface area (TPSA) is 70.7 Å².